The molecule has 1 aliphatic carbocycles. The van der Waals surface area contributed by atoms with Crippen molar-refractivity contribution in [2.75, 3.05) is 7.05 Å². The van der Waals surface area contributed by atoms with E-state index in [0.717, 1.165) is 0 Å². The maximum absolute atomic E-state index is 11.8. The summed E-state index contributed by atoms with van der Waals surface area (Å²) in [7, 11) is 1.95. The summed E-state index contributed by atoms with van der Waals surface area (Å²) in [6.07, 6.45) is 3.69. The van der Waals surface area contributed by atoms with E-state index in [1.54, 1.807) is 0 Å². The molecular formula is C11H21NO. The first kappa shape index (κ1) is 10.6. The molecule has 0 aliphatic heterocycles. The van der Waals surface area contributed by atoms with Crippen LogP contribution in [0.1, 0.15) is 40.0 Å². The lowest BCUT2D eigenvalue weighted by molar-refractivity contribution is -0.138. The molecule has 2 heteroatoms. The lowest BCUT2D eigenvalue weighted by Gasteiger charge is -2.36. The van der Waals surface area contributed by atoms with Gasteiger partial charge in [-0.05, 0) is 25.2 Å². The van der Waals surface area contributed by atoms with Gasteiger partial charge < -0.3 is 4.90 Å². The summed E-state index contributed by atoms with van der Waals surface area (Å²) in [4.78, 5) is 13.8. The summed E-state index contributed by atoms with van der Waals surface area (Å²) in [5, 5.41) is 0. The van der Waals surface area contributed by atoms with Crippen LogP contribution in [0, 0.1) is 11.8 Å². The van der Waals surface area contributed by atoms with Crippen molar-refractivity contribution in [3.8, 4) is 0 Å². The highest BCUT2D eigenvalue weighted by molar-refractivity contribution is 5.78. The third-order valence-corrected chi connectivity index (χ3v) is 3.36. The Balaban J connectivity index is 2.45. The molecule has 13 heavy (non-hydrogen) atoms. The van der Waals surface area contributed by atoms with E-state index in [1.807, 2.05) is 18.9 Å². The molecule has 0 aromatic carbocycles. The Morgan fingerprint density at radius 2 is 1.85 bits per heavy atom. The van der Waals surface area contributed by atoms with Gasteiger partial charge in [0.15, 0.2) is 0 Å². The number of amides is 1. The van der Waals surface area contributed by atoms with Crippen LogP contribution in [-0.4, -0.2) is 23.9 Å². The van der Waals surface area contributed by atoms with Crippen LogP contribution < -0.4 is 0 Å². The van der Waals surface area contributed by atoms with E-state index in [-0.39, 0.29) is 5.92 Å². The minimum Gasteiger partial charge on any atom is -0.343 e. The first-order chi connectivity index (χ1) is 6.04. The fraction of sp³-hybridized carbons (Fsp3) is 0.909. The minimum atomic E-state index is 0.172. The first-order valence-electron chi connectivity index (χ1n) is 5.30. The van der Waals surface area contributed by atoms with Crippen LogP contribution in [0.4, 0.5) is 0 Å². The standard InChI is InChI=1S/C11H21NO/c1-8(2)9(3)11(13)12(4)10-6-5-7-10/h8-10H,5-7H2,1-4H3. The van der Waals surface area contributed by atoms with E-state index >= 15 is 0 Å². The molecule has 0 aromatic rings. The summed E-state index contributed by atoms with van der Waals surface area (Å²) in [6.45, 7) is 6.25. The van der Waals surface area contributed by atoms with Crippen molar-refractivity contribution in [1.82, 2.24) is 4.90 Å². The SMILES string of the molecule is CC(C)C(C)C(=O)N(C)C1CCC1. The van der Waals surface area contributed by atoms with Crippen LogP contribution in [0.25, 0.3) is 0 Å². The van der Waals surface area contributed by atoms with Crippen LogP contribution in [-0.2, 0) is 4.79 Å². The molecule has 1 saturated carbocycles. The number of nitrogens with zero attached hydrogens (tertiary/aromatic N) is 1. The minimum absolute atomic E-state index is 0.172. The number of hydrogen-bond donors (Lipinski definition) is 0. The molecule has 1 fully saturated rings. The average molecular weight is 183 g/mol. The molecule has 1 atom stereocenters. The normalized spacial score (nSPS) is 19.8. The van der Waals surface area contributed by atoms with Gasteiger partial charge in [0, 0.05) is 19.0 Å². The molecule has 0 N–H and O–H groups in total. The van der Waals surface area contributed by atoms with Crippen LogP contribution >= 0.6 is 0 Å². The fourth-order valence-electron chi connectivity index (χ4n) is 1.56. The zero-order valence-electron chi connectivity index (χ0n) is 9.21. The zero-order valence-corrected chi connectivity index (χ0v) is 9.21. The van der Waals surface area contributed by atoms with E-state index in [0.29, 0.717) is 17.9 Å². The number of hydrogen-bond acceptors (Lipinski definition) is 1. The van der Waals surface area contributed by atoms with Crippen molar-refractivity contribution < 1.29 is 4.79 Å². The average Bonchev–Trinajstić information content (AvgIpc) is 1.98. The summed E-state index contributed by atoms with van der Waals surface area (Å²) < 4.78 is 0. The number of rotatable bonds is 3. The van der Waals surface area contributed by atoms with Gasteiger partial charge in [0.2, 0.25) is 5.91 Å². The molecule has 0 radical (unpaired) electrons. The van der Waals surface area contributed by atoms with Crippen molar-refractivity contribution in [2.24, 2.45) is 11.8 Å². The Labute approximate surface area is 81.3 Å². The van der Waals surface area contributed by atoms with Gasteiger partial charge in [-0.3, -0.25) is 4.79 Å². The maximum atomic E-state index is 11.8. The molecule has 1 unspecified atom stereocenters. The van der Waals surface area contributed by atoms with Crippen molar-refractivity contribution in [3.63, 3.8) is 0 Å². The summed E-state index contributed by atoms with van der Waals surface area (Å²) in [5.74, 6) is 0.945. The highest BCUT2D eigenvalue weighted by atomic mass is 16.2. The summed E-state index contributed by atoms with van der Waals surface area (Å²) in [5.41, 5.74) is 0. The highest BCUT2D eigenvalue weighted by Crippen LogP contribution is 2.25. The second-order valence-corrected chi connectivity index (χ2v) is 4.57. The van der Waals surface area contributed by atoms with Gasteiger partial charge in [-0.25, -0.2) is 0 Å². The molecule has 1 rings (SSSR count). The third kappa shape index (κ3) is 2.23. The van der Waals surface area contributed by atoms with Crippen LogP contribution in [0.3, 0.4) is 0 Å². The van der Waals surface area contributed by atoms with Crippen LogP contribution in [0.15, 0.2) is 0 Å². The Morgan fingerprint density at radius 3 is 2.15 bits per heavy atom. The molecular weight excluding hydrogens is 162 g/mol. The molecule has 1 aliphatic rings. The van der Waals surface area contributed by atoms with Crippen molar-refractivity contribution >= 4 is 5.91 Å². The molecule has 0 saturated heterocycles. The van der Waals surface area contributed by atoms with E-state index in [4.69, 9.17) is 0 Å². The van der Waals surface area contributed by atoms with Gasteiger partial charge in [0.25, 0.3) is 0 Å². The summed E-state index contributed by atoms with van der Waals surface area (Å²) in [6, 6.07) is 0.536. The molecule has 0 bridgehead atoms. The van der Waals surface area contributed by atoms with E-state index in [2.05, 4.69) is 13.8 Å². The largest absolute Gasteiger partial charge is 0.343 e. The quantitative estimate of drug-likeness (QED) is 0.657. The molecule has 0 heterocycles. The van der Waals surface area contributed by atoms with Gasteiger partial charge in [-0.2, -0.15) is 0 Å². The fourth-order valence-corrected chi connectivity index (χ4v) is 1.56. The van der Waals surface area contributed by atoms with Crippen molar-refractivity contribution in [1.29, 1.82) is 0 Å². The highest BCUT2D eigenvalue weighted by Gasteiger charge is 2.29. The van der Waals surface area contributed by atoms with Gasteiger partial charge in [-0.15, -0.1) is 0 Å². The molecule has 76 valence electrons. The Kier molecular flexibility index (Phi) is 3.34. The predicted octanol–water partition coefficient (Wildman–Crippen LogP) is 2.29. The van der Waals surface area contributed by atoms with Crippen LogP contribution in [0.5, 0.6) is 0 Å². The van der Waals surface area contributed by atoms with Gasteiger partial charge in [0.1, 0.15) is 0 Å². The Bertz CT molecular complexity index is 185. The smallest absolute Gasteiger partial charge is 0.225 e. The summed E-state index contributed by atoms with van der Waals surface area (Å²) >= 11 is 0. The number of carbonyl (C=O) groups excluding carboxylic acids is 1. The molecule has 0 spiro atoms. The monoisotopic (exact) mass is 183 g/mol. The Morgan fingerprint density at radius 1 is 1.31 bits per heavy atom. The number of carbonyl (C=O) groups is 1. The molecule has 1 amide bonds. The van der Waals surface area contributed by atoms with Crippen molar-refractivity contribution in [3.05, 3.63) is 0 Å². The second kappa shape index (κ2) is 4.12. The van der Waals surface area contributed by atoms with Gasteiger partial charge in [0.05, 0.1) is 0 Å². The lowest BCUT2D eigenvalue weighted by atomic mass is 9.89. The van der Waals surface area contributed by atoms with Crippen LogP contribution in [0.2, 0.25) is 0 Å². The molecule has 2 nitrogen and oxygen atoms in total. The molecule has 0 aromatic heterocycles. The van der Waals surface area contributed by atoms with E-state index in [1.165, 1.54) is 19.3 Å². The zero-order chi connectivity index (χ0) is 10.0. The maximum Gasteiger partial charge on any atom is 0.225 e. The lowest BCUT2D eigenvalue weighted by Crippen LogP contribution is -2.44. The van der Waals surface area contributed by atoms with Gasteiger partial charge >= 0.3 is 0 Å². The van der Waals surface area contributed by atoms with Gasteiger partial charge in [-0.1, -0.05) is 20.8 Å². The third-order valence-electron chi connectivity index (χ3n) is 3.36. The first-order valence-corrected chi connectivity index (χ1v) is 5.30. The Hall–Kier alpha value is -0.530. The van der Waals surface area contributed by atoms with Crippen molar-refractivity contribution in [2.45, 2.75) is 46.1 Å². The van der Waals surface area contributed by atoms with E-state index < -0.39 is 0 Å². The topological polar surface area (TPSA) is 20.3 Å². The van der Waals surface area contributed by atoms with E-state index in [9.17, 15) is 4.79 Å². The predicted molar refractivity (Wildman–Crippen MR) is 54.4 cm³/mol. The second-order valence-electron chi connectivity index (χ2n) is 4.57.